The Balaban J connectivity index is 1.95. The topological polar surface area (TPSA) is 103 Å². The number of carbonyl (C=O) groups excluding carboxylic acids is 1. The molecule has 3 rings (SSSR count). The summed E-state index contributed by atoms with van der Waals surface area (Å²) in [5.74, 6) is 1.38. The highest BCUT2D eigenvalue weighted by atomic mass is 32.2. The Morgan fingerprint density at radius 1 is 0.895 bits per heavy atom. The lowest BCUT2D eigenvalue weighted by Crippen LogP contribution is -2.41. The number of rotatable bonds is 12. The highest BCUT2D eigenvalue weighted by Crippen LogP contribution is 2.32. The summed E-state index contributed by atoms with van der Waals surface area (Å²) in [6, 6.07) is 16.3. The van der Waals surface area contributed by atoms with Crippen molar-refractivity contribution >= 4 is 21.6 Å². The van der Waals surface area contributed by atoms with Gasteiger partial charge in [-0.25, -0.2) is 8.42 Å². The monoisotopic (exact) mass is 542 g/mol. The number of benzene rings is 3. The molecule has 0 heterocycles. The number of nitrogens with zero attached hydrogens (tertiary/aromatic N) is 1. The summed E-state index contributed by atoms with van der Waals surface area (Å²) in [6.45, 7) is 5.47. The van der Waals surface area contributed by atoms with Crippen molar-refractivity contribution in [3.05, 3.63) is 71.8 Å². The number of anilines is 1. The Kier molecular flexibility index (Phi) is 9.46. The zero-order valence-electron chi connectivity index (χ0n) is 22.5. The molecule has 1 amide bonds. The zero-order chi connectivity index (χ0) is 27.9. The van der Waals surface area contributed by atoms with Gasteiger partial charge < -0.3 is 24.3 Å². The maximum atomic E-state index is 13.9. The molecule has 0 aliphatic carbocycles. The van der Waals surface area contributed by atoms with Gasteiger partial charge in [-0.15, -0.1) is 0 Å². The molecule has 1 N–H and O–H groups in total. The molecule has 3 aromatic carbocycles. The summed E-state index contributed by atoms with van der Waals surface area (Å²) in [6.07, 6.45) is 0. The number of ether oxygens (including phenoxy) is 4. The minimum Gasteiger partial charge on any atom is -0.495 e. The highest BCUT2D eigenvalue weighted by Gasteiger charge is 2.30. The lowest BCUT2D eigenvalue weighted by Gasteiger charge is -2.26. The SMILES string of the molecule is CCOc1ccc(N(CC(=O)N[C@H](C)c2ccc(OC)c(OC)c2)S(=O)(=O)c2cc(C)ccc2OC)cc1. The first-order valence-electron chi connectivity index (χ1n) is 12.1. The van der Waals surface area contributed by atoms with Crippen LogP contribution >= 0.6 is 0 Å². The van der Waals surface area contributed by atoms with Crippen LogP contribution in [0.25, 0.3) is 0 Å². The number of aryl methyl sites for hydroxylation is 1. The fourth-order valence-corrected chi connectivity index (χ4v) is 5.58. The second-order valence-electron chi connectivity index (χ2n) is 8.50. The molecule has 0 aliphatic heterocycles. The van der Waals surface area contributed by atoms with E-state index >= 15 is 0 Å². The van der Waals surface area contributed by atoms with Crippen LogP contribution < -0.4 is 28.6 Å². The van der Waals surface area contributed by atoms with E-state index in [4.69, 9.17) is 18.9 Å². The number of hydrogen-bond donors (Lipinski definition) is 1. The van der Waals surface area contributed by atoms with Gasteiger partial charge in [-0.3, -0.25) is 9.10 Å². The average Bonchev–Trinajstić information content (AvgIpc) is 2.91. The van der Waals surface area contributed by atoms with Crippen LogP contribution in [0.5, 0.6) is 23.0 Å². The van der Waals surface area contributed by atoms with E-state index in [1.54, 1.807) is 69.5 Å². The van der Waals surface area contributed by atoms with Gasteiger partial charge in [0.1, 0.15) is 22.9 Å². The van der Waals surface area contributed by atoms with E-state index in [0.29, 0.717) is 29.5 Å². The number of methoxy groups -OCH3 is 3. The normalized spacial score (nSPS) is 11.8. The van der Waals surface area contributed by atoms with Crippen LogP contribution in [-0.4, -0.2) is 48.8 Å². The summed E-state index contributed by atoms with van der Waals surface area (Å²) >= 11 is 0. The molecule has 10 heteroatoms. The van der Waals surface area contributed by atoms with E-state index in [-0.39, 0.29) is 10.6 Å². The maximum absolute atomic E-state index is 13.9. The Hall–Kier alpha value is -3.92. The first-order chi connectivity index (χ1) is 18.1. The van der Waals surface area contributed by atoms with E-state index in [1.165, 1.54) is 20.3 Å². The third-order valence-corrected chi connectivity index (χ3v) is 7.69. The summed E-state index contributed by atoms with van der Waals surface area (Å²) in [5.41, 5.74) is 1.82. The zero-order valence-corrected chi connectivity index (χ0v) is 23.3. The summed E-state index contributed by atoms with van der Waals surface area (Å²) < 4.78 is 50.4. The number of hydrogen-bond acceptors (Lipinski definition) is 7. The van der Waals surface area contributed by atoms with Crippen molar-refractivity contribution in [2.45, 2.75) is 31.7 Å². The van der Waals surface area contributed by atoms with E-state index in [1.807, 2.05) is 13.0 Å². The molecule has 0 bridgehead atoms. The molecule has 0 saturated carbocycles. The van der Waals surface area contributed by atoms with Crippen LogP contribution in [0.2, 0.25) is 0 Å². The van der Waals surface area contributed by atoms with E-state index in [0.717, 1.165) is 15.4 Å². The minimum absolute atomic E-state index is 0.0328. The van der Waals surface area contributed by atoms with Gasteiger partial charge in [0.2, 0.25) is 5.91 Å². The summed E-state index contributed by atoms with van der Waals surface area (Å²) in [7, 11) is 0.291. The molecule has 0 radical (unpaired) electrons. The van der Waals surface area contributed by atoms with Gasteiger partial charge in [0, 0.05) is 0 Å². The quantitative estimate of drug-likeness (QED) is 0.360. The predicted octanol–water partition coefficient (Wildman–Crippen LogP) is 4.49. The van der Waals surface area contributed by atoms with Gasteiger partial charge in [0.25, 0.3) is 10.0 Å². The van der Waals surface area contributed by atoms with Crippen molar-refractivity contribution in [2.75, 3.05) is 38.8 Å². The first-order valence-corrected chi connectivity index (χ1v) is 13.5. The average molecular weight is 543 g/mol. The Bertz CT molecular complexity index is 1360. The molecular formula is C28H34N2O7S. The Labute approximate surface area is 224 Å². The predicted molar refractivity (Wildman–Crippen MR) is 146 cm³/mol. The number of carbonyl (C=O) groups is 1. The van der Waals surface area contributed by atoms with Crippen LogP contribution in [0.15, 0.2) is 65.6 Å². The van der Waals surface area contributed by atoms with Crippen LogP contribution in [-0.2, 0) is 14.8 Å². The van der Waals surface area contributed by atoms with E-state index in [2.05, 4.69) is 5.32 Å². The molecule has 9 nitrogen and oxygen atoms in total. The van der Waals surface area contributed by atoms with Crippen molar-refractivity contribution in [1.82, 2.24) is 5.32 Å². The van der Waals surface area contributed by atoms with Crippen LogP contribution in [0.4, 0.5) is 5.69 Å². The minimum atomic E-state index is -4.19. The van der Waals surface area contributed by atoms with Crippen LogP contribution in [0.1, 0.15) is 31.0 Å². The number of amides is 1. The smallest absolute Gasteiger partial charge is 0.268 e. The van der Waals surface area contributed by atoms with Crippen molar-refractivity contribution in [3.63, 3.8) is 0 Å². The second kappa shape index (κ2) is 12.6. The lowest BCUT2D eigenvalue weighted by atomic mass is 10.1. The van der Waals surface area contributed by atoms with Gasteiger partial charge in [-0.1, -0.05) is 12.1 Å². The molecule has 0 aliphatic rings. The Morgan fingerprint density at radius 3 is 2.13 bits per heavy atom. The molecule has 0 spiro atoms. The fraction of sp³-hybridized carbons (Fsp3) is 0.321. The standard InChI is InChI=1S/C28H34N2O7S/c1-7-37-23-12-10-22(11-13-23)30(38(32,33)27-16-19(2)8-14-25(27)35-5)18-28(31)29-20(3)21-9-15-24(34-4)26(17-21)36-6/h8-17,20H,7,18H2,1-6H3,(H,29,31)/t20-/m1/s1. The highest BCUT2D eigenvalue weighted by molar-refractivity contribution is 7.93. The van der Waals surface area contributed by atoms with Crippen LogP contribution in [0, 0.1) is 6.92 Å². The Morgan fingerprint density at radius 2 is 1.53 bits per heavy atom. The largest absolute Gasteiger partial charge is 0.495 e. The second-order valence-corrected chi connectivity index (χ2v) is 10.3. The molecule has 0 unspecified atom stereocenters. The van der Waals surface area contributed by atoms with Crippen molar-refractivity contribution in [2.24, 2.45) is 0 Å². The van der Waals surface area contributed by atoms with E-state index in [9.17, 15) is 13.2 Å². The number of sulfonamides is 1. The van der Waals surface area contributed by atoms with Gasteiger partial charge >= 0.3 is 0 Å². The summed E-state index contributed by atoms with van der Waals surface area (Å²) in [4.78, 5) is 13.2. The molecule has 0 fully saturated rings. The van der Waals surface area contributed by atoms with Crippen molar-refractivity contribution < 1.29 is 32.2 Å². The van der Waals surface area contributed by atoms with Crippen molar-refractivity contribution in [3.8, 4) is 23.0 Å². The van der Waals surface area contributed by atoms with Gasteiger partial charge in [0.15, 0.2) is 11.5 Å². The third kappa shape index (κ3) is 6.49. The fourth-order valence-electron chi connectivity index (χ4n) is 3.92. The van der Waals surface area contributed by atoms with Gasteiger partial charge in [0.05, 0.1) is 39.7 Å². The molecule has 38 heavy (non-hydrogen) atoms. The number of nitrogens with one attached hydrogen (secondary N) is 1. The molecule has 0 aromatic heterocycles. The van der Waals surface area contributed by atoms with E-state index < -0.39 is 28.5 Å². The lowest BCUT2D eigenvalue weighted by molar-refractivity contribution is -0.120. The molecule has 1 atom stereocenters. The van der Waals surface area contributed by atoms with Crippen molar-refractivity contribution in [1.29, 1.82) is 0 Å². The van der Waals surface area contributed by atoms with Gasteiger partial charge in [-0.2, -0.15) is 0 Å². The first kappa shape index (κ1) is 28.6. The molecule has 0 saturated heterocycles. The molecular weight excluding hydrogens is 508 g/mol. The molecule has 3 aromatic rings. The van der Waals surface area contributed by atoms with Crippen LogP contribution in [0.3, 0.4) is 0 Å². The third-order valence-electron chi connectivity index (χ3n) is 5.90. The molecule has 204 valence electrons. The maximum Gasteiger partial charge on any atom is 0.268 e. The van der Waals surface area contributed by atoms with Gasteiger partial charge in [-0.05, 0) is 80.4 Å². The summed E-state index contributed by atoms with van der Waals surface area (Å²) in [5, 5.41) is 2.88.